The number of carbonyl (C=O) groups is 3. The Hall–Kier alpha value is -4.70. The van der Waals surface area contributed by atoms with Gasteiger partial charge in [0.1, 0.15) is 17.3 Å². The predicted octanol–water partition coefficient (Wildman–Crippen LogP) is 4.35. The van der Waals surface area contributed by atoms with E-state index in [1.807, 2.05) is 68.6 Å². The lowest BCUT2D eigenvalue weighted by Crippen LogP contribution is -2.44. The fraction of sp³-hybridized carbons (Fsp3) is 0.371. The molecular weight excluding hydrogens is 572 g/mol. The van der Waals surface area contributed by atoms with Crippen molar-refractivity contribution in [2.75, 3.05) is 40.3 Å². The topological polar surface area (TPSA) is 121 Å². The fourth-order valence-corrected chi connectivity index (χ4v) is 6.79. The number of nitrogens with one attached hydrogen (secondary N) is 1. The van der Waals surface area contributed by atoms with Gasteiger partial charge in [-0.15, -0.1) is 0 Å². The molecule has 2 aromatic carbocycles. The Labute approximate surface area is 262 Å². The van der Waals surface area contributed by atoms with Crippen LogP contribution in [0.2, 0.25) is 0 Å². The van der Waals surface area contributed by atoms with E-state index in [4.69, 9.17) is 9.47 Å². The summed E-state index contributed by atoms with van der Waals surface area (Å²) in [4.78, 5) is 45.9. The van der Waals surface area contributed by atoms with Gasteiger partial charge in [0.25, 0.3) is 0 Å². The Morgan fingerprint density at radius 2 is 1.69 bits per heavy atom. The number of rotatable bonds is 6. The SMILES string of the molecule is COc1cc(C2=CN(C)C(O)c3cnc(N(C)C)cc32)cc(OC)c1-c1ccc2c(c1)C(=O)CCC(C1CCC(=O)NC1=O)C2. The van der Waals surface area contributed by atoms with Crippen LogP contribution in [0.5, 0.6) is 11.5 Å². The van der Waals surface area contributed by atoms with Gasteiger partial charge in [-0.25, -0.2) is 4.98 Å². The van der Waals surface area contributed by atoms with Gasteiger partial charge in [0, 0.05) is 69.0 Å². The van der Waals surface area contributed by atoms with Gasteiger partial charge in [-0.1, -0.05) is 12.1 Å². The first-order chi connectivity index (χ1) is 21.6. The maximum atomic E-state index is 13.4. The van der Waals surface area contributed by atoms with Gasteiger partial charge >= 0.3 is 0 Å². The predicted molar refractivity (Wildman–Crippen MR) is 170 cm³/mol. The number of fused-ring (bicyclic) bond motifs is 2. The third-order valence-corrected chi connectivity index (χ3v) is 9.26. The summed E-state index contributed by atoms with van der Waals surface area (Å²) in [5, 5.41) is 13.4. The van der Waals surface area contributed by atoms with E-state index in [1.54, 1.807) is 25.3 Å². The molecule has 10 heteroatoms. The van der Waals surface area contributed by atoms with Crippen molar-refractivity contribution in [1.29, 1.82) is 0 Å². The molecular formula is C35H38N4O6. The van der Waals surface area contributed by atoms with E-state index in [1.165, 1.54) is 0 Å². The van der Waals surface area contributed by atoms with Crippen molar-refractivity contribution in [1.82, 2.24) is 15.2 Å². The fourth-order valence-electron chi connectivity index (χ4n) is 6.79. The summed E-state index contributed by atoms with van der Waals surface area (Å²) >= 11 is 0. The Morgan fingerprint density at radius 3 is 2.36 bits per heavy atom. The van der Waals surface area contributed by atoms with E-state index in [9.17, 15) is 19.5 Å². The maximum absolute atomic E-state index is 13.4. The summed E-state index contributed by atoms with van der Waals surface area (Å²) in [7, 11) is 8.87. The second-order valence-corrected chi connectivity index (χ2v) is 12.2. The third-order valence-electron chi connectivity index (χ3n) is 9.26. The first-order valence-corrected chi connectivity index (χ1v) is 15.2. The van der Waals surface area contributed by atoms with Crippen LogP contribution in [0.1, 0.15) is 64.5 Å². The van der Waals surface area contributed by atoms with E-state index in [-0.39, 0.29) is 29.4 Å². The van der Waals surface area contributed by atoms with Crippen LogP contribution in [-0.4, -0.2) is 68.0 Å². The molecule has 234 valence electrons. The Kier molecular flexibility index (Phi) is 8.09. The van der Waals surface area contributed by atoms with Crippen molar-refractivity contribution < 1.29 is 29.0 Å². The highest BCUT2D eigenvalue weighted by Crippen LogP contribution is 2.45. The van der Waals surface area contributed by atoms with E-state index in [0.717, 1.165) is 39.2 Å². The smallest absolute Gasteiger partial charge is 0.229 e. The number of aliphatic hydroxyl groups excluding tert-OH is 1. The number of amides is 2. The van der Waals surface area contributed by atoms with Gasteiger partial charge in [0.15, 0.2) is 12.0 Å². The molecule has 1 saturated heterocycles. The Bertz CT molecular complexity index is 1710. The van der Waals surface area contributed by atoms with Crippen LogP contribution in [-0.2, 0) is 16.0 Å². The van der Waals surface area contributed by atoms with Crippen molar-refractivity contribution in [2.45, 2.75) is 38.3 Å². The van der Waals surface area contributed by atoms with Gasteiger partial charge in [-0.3, -0.25) is 19.7 Å². The summed E-state index contributed by atoms with van der Waals surface area (Å²) in [6.45, 7) is 0. The number of ketones is 1. The molecule has 6 rings (SSSR count). The molecule has 10 nitrogen and oxygen atoms in total. The zero-order valence-electron chi connectivity index (χ0n) is 26.2. The summed E-state index contributed by atoms with van der Waals surface area (Å²) in [5.74, 6) is 1.19. The quantitative estimate of drug-likeness (QED) is 0.310. The Morgan fingerprint density at radius 1 is 0.956 bits per heavy atom. The number of piperidine rings is 1. The number of carbonyl (C=O) groups excluding carboxylic acids is 3. The highest BCUT2D eigenvalue weighted by atomic mass is 16.5. The molecule has 3 heterocycles. The maximum Gasteiger partial charge on any atom is 0.229 e. The molecule has 2 aliphatic heterocycles. The van der Waals surface area contributed by atoms with Crippen molar-refractivity contribution in [2.24, 2.45) is 11.8 Å². The number of nitrogens with zero attached hydrogens (tertiary/aromatic N) is 3. The zero-order chi connectivity index (χ0) is 32.0. The second kappa shape index (κ2) is 12.0. The number of aromatic nitrogens is 1. The number of methoxy groups -OCH3 is 2. The number of ether oxygens (including phenoxy) is 2. The Balaban J connectivity index is 1.40. The summed E-state index contributed by atoms with van der Waals surface area (Å²) in [5.41, 5.74) is 6.31. The number of imide groups is 1. The molecule has 2 amide bonds. The van der Waals surface area contributed by atoms with Crippen molar-refractivity contribution >= 4 is 29.0 Å². The third kappa shape index (κ3) is 5.55. The first kappa shape index (κ1) is 30.3. The zero-order valence-corrected chi connectivity index (χ0v) is 26.2. The van der Waals surface area contributed by atoms with Crippen LogP contribution in [0.4, 0.5) is 5.82 Å². The van der Waals surface area contributed by atoms with Gasteiger partial charge in [0.2, 0.25) is 11.8 Å². The molecule has 0 saturated carbocycles. The second-order valence-electron chi connectivity index (χ2n) is 12.2. The number of benzene rings is 2. The van der Waals surface area contributed by atoms with Crippen molar-refractivity contribution in [3.8, 4) is 22.6 Å². The van der Waals surface area contributed by atoms with Gasteiger partial charge in [0.05, 0.1) is 19.8 Å². The van der Waals surface area contributed by atoms with Crippen LogP contribution in [0.15, 0.2) is 48.8 Å². The molecule has 3 unspecified atom stereocenters. The molecule has 3 aliphatic rings. The lowest BCUT2D eigenvalue weighted by Gasteiger charge is -2.31. The van der Waals surface area contributed by atoms with E-state index in [2.05, 4.69) is 10.3 Å². The van der Waals surface area contributed by atoms with E-state index < -0.39 is 6.23 Å². The number of Topliss-reactive ketones (excluding diaryl/α,β-unsaturated/α-hetero) is 1. The minimum Gasteiger partial charge on any atom is -0.496 e. The highest BCUT2D eigenvalue weighted by molar-refractivity contribution is 6.01. The molecule has 1 aromatic heterocycles. The highest BCUT2D eigenvalue weighted by Gasteiger charge is 2.36. The number of hydrogen-bond acceptors (Lipinski definition) is 9. The van der Waals surface area contributed by atoms with Crippen LogP contribution >= 0.6 is 0 Å². The van der Waals surface area contributed by atoms with Crippen molar-refractivity contribution in [3.63, 3.8) is 0 Å². The average Bonchev–Trinajstić information content (AvgIpc) is 3.19. The van der Waals surface area contributed by atoms with Crippen molar-refractivity contribution in [3.05, 3.63) is 76.6 Å². The standard InChI is InChI=1S/C35H38N4O6/c1-38(2)31-16-25-26(17-36-31)35(43)39(3)18-27(25)22-14-29(44-4)33(30(15-22)45-5)21-7-6-20-12-19(8-10-28(40)24(20)13-21)23-9-11-32(41)37-34(23)42/h6-7,13-19,23,35,43H,8-12H2,1-5H3,(H,37,41,42). The van der Waals surface area contributed by atoms with Crippen LogP contribution in [0.25, 0.3) is 16.7 Å². The van der Waals surface area contributed by atoms with E-state index >= 15 is 0 Å². The summed E-state index contributed by atoms with van der Waals surface area (Å²) < 4.78 is 11.9. The molecule has 45 heavy (non-hydrogen) atoms. The number of pyridine rings is 1. The van der Waals surface area contributed by atoms with Gasteiger partial charge in [-0.05, 0) is 71.7 Å². The minimum absolute atomic E-state index is 0.0102. The van der Waals surface area contributed by atoms with Gasteiger partial charge < -0.3 is 24.4 Å². The molecule has 1 fully saturated rings. The monoisotopic (exact) mass is 610 g/mol. The number of hydrogen-bond donors (Lipinski definition) is 2. The largest absolute Gasteiger partial charge is 0.496 e. The summed E-state index contributed by atoms with van der Waals surface area (Å²) in [6.07, 6.45) is 5.15. The average molecular weight is 611 g/mol. The molecule has 3 atom stereocenters. The lowest BCUT2D eigenvalue weighted by molar-refractivity contribution is -0.137. The normalized spacial score (nSPS) is 21.3. The van der Waals surface area contributed by atoms with Crippen LogP contribution < -0.4 is 19.7 Å². The molecule has 0 bridgehead atoms. The minimum atomic E-state index is -0.831. The van der Waals surface area contributed by atoms with Gasteiger partial charge in [-0.2, -0.15) is 0 Å². The van der Waals surface area contributed by atoms with Crippen LogP contribution in [0.3, 0.4) is 0 Å². The number of anilines is 1. The molecule has 0 spiro atoms. The van der Waals surface area contributed by atoms with Crippen LogP contribution in [0, 0.1) is 11.8 Å². The first-order valence-electron chi connectivity index (χ1n) is 15.2. The lowest BCUT2D eigenvalue weighted by atomic mass is 9.80. The molecule has 3 aromatic rings. The molecule has 1 aliphatic carbocycles. The molecule has 2 N–H and O–H groups in total. The molecule has 0 radical (unpaired) electrons. The van der Waals surface area contributed by atoms with E-state index in [0.29, 0.717) is 54.7 Å². The summed E-state index contributed by atoms with van der Waals surface area (Å²) in [6, 6.07) is 11.7. The number of aliphatic hydroxyl groups is 1.